The van der Waals surface area contributed by atoms with Crippen molar-refractivity contribution >= 4 is 17.8 Å². The number of unbranched alkanes of at least 4 members (excludes halogenated alkanes) is 1. The Bertz CT molecular complexity index is 302. The molecule has 1 atom stereocenters. The van der Waals surface area contributed by atoms with Crippen molar-refractivity contribution in [3.05, 3.63) is 0 Å². The molecule has 1 unspecified atom stereocenters. The van der Waals surface area contributed by atoms with Gasteiger partial charge in [-0.1, -0.05) is 0 Å². The number of carboxylic acid groups (broad SMARTS) is 1. The van der Waals surface area contributed by atoms with Crippen molar-refractivity contribution in [3.63, 3.8) is 0 Å². The first-order valence-corrected chi connectivity index (χ1v) is 6.54. The Labute approximate surface area is 120 Å². The van der Waals surface area contributed by atoms with E-state index in [-0.39, 0.29) is 17.9 Å². The SMILES string of the molecule is CN(C)C(CCCC[15NH]C([13CH3])=O)C(=O)N[13CH3].[13CH3]C(=O)O. The van der Waals surface area contributed by atoms with Crippen LogP contribution in [0.25, 0.3) is 0 Å². The zero-order valence-corrected chi connectivity index (χ0v) is 13.0. The van der Waals surface area contributed by atoms with Crippen LogP contribution < -0.4 is 10.6 Å². The first-order valence-electron chi connectivity index (χ1n) is 6.54. The predicted octanol–water partition coefficient (Wildman–Crippen LogP) is 0.0599. The van der Waals surface area contributed by atoms with Crippen LogP contribution in [0, 0.1) is 0 Å². The summed E-state index contributed by atoms with van der Waals surface area (Å²) in [4.78, 5) is 33.0. The molecule has 0 bridgehead atoms. The van der Waals surface area contributed by atoms with E-state index in [1.54, 1.807) is 7.05 Å². The van der Waals surface area contributed by atoms with E-state index in [2.05, 4.69) is 10.6 Å². The van der Waals surface area contributed by atoms with Crippen LogP contribution in [0.2, 0.25) is 0 Å². The Morgan fingerprint density at radius 1 is 1.15 bits per heavy atom. The first kappa shape index (κ1) is 20.7. The monoisotopic (exact) mass is 293 g/mol. The maximum Gasteiger partial charge on any atom is 0.300 e. The highest BCUT2D eigenvalue weighted by Crippen LogP contribution is 2.05. The molecule has 0 aliphatic rings. The fourth-order valence-corrected chi connectivity index (χ4v) is 1.52. The molecule has 0 spiro atoms. The molecular weight excluding hydrogens is 266 g/mol. The number of nitrogens with one attached hydrogen (secondary N) is 2. The highest BCUT2D eigenvalue weighted by Gasteiger charge is 2.18. The highest BCUT2D eigenvalue weighted by molar-refractivity contribution is 5.81. The molecule has 3 N–H and O–H groups in total. The van der Waals surface area contributed by atoms with E-state index in [1.165, 1.54) is 6.92 Å². The predicted molar refractivity (Wildman–Crippen MR) is 77.4 cm³/mol. The fourth-order valence-electron chi connectivity index (χ4n) is 1.52. The van der Waals surface area contributed by atoms with Crippen molar-refractivity contribution in [1.29, 1.82) is 0 Å². The molecule has 0 rings (SSSR count). The maximum absolute atomic E-state index is 11.5. The molecule has 7 heteroatoms. The zero-order valence-electron chi connectivity index (χ0n) is 13.0. The molecule has 0 saturated heterocycles. The molecule has 0 radical (unpaired) electrons. The number of amides is 2. The van der Waals surface area contributed by atoms with Gasteiger partial charge in [-0.05, 0) is 33.4 Å². The van der Waals surface area contributed by atoms with Crippen molar-refractivity contribution in [2.75, 3.05) is 27.7 Å². The number of carbonyl (C=O) groups is 3. The van der Waals surface area contributed by atoms with Crippen molar-refractivity contribution in [1.82, 2.24) is 15.5 Å². The van der Waals surface area contributed by atoms with Crippen LogP contribution in [0.1, 0.15) is 33.1 Å². The third kappa shape index (κ3) is 14.4. The number of carboxylic acids is 1. The van der Waals surface area contributed by atoms with Gasteiger partial charge in [0.2, 0.25) is 11.8 Å². The van der Waals surface area contributed by atoms with Crippen LogP contribution >= 0.6 is 0 Å². The third-order valence-electron chi connectivity index (χ3n) is 2.45. The van der Waals surface area contributed by atoms with Crippen LogP contribution in [0.5, 0.6) is 0 Å². The van der Waals surface area contributed by atoms with Gasteiger partial charge in [0, 0.05) is 27.4 Å². The number of carbonyl (C=O) groups excluding carboxylic acids is 2. The summed E-state index contributed by atoms with van der Waals surface area (Å²) in [5, 5.41) is 12.8. The minimum absolute atomic E-state index is 0.00420. The van der Waals surface area contributed by atoms with Gasteiger partial charge in [-0.3, -0.25) is 19.3 Å². The smallest absolute Gasteiger partial charge is 0.300 e. The summed E-state index contributed by atoms with van der Waals surface area (Å²) in [6.07, 6.45) is 2.64. The number of rotatable bonds is 7. The molecular formula is C13H27N3O4. The summed E-state index contributed by atoms with van der Waals surface area (Å²) in [5.41, 5.74) is 0. The lowest BCUT2D eigenvalue weighted by atomic mass is 10.1. The standard InChI is InChI=1S/C11H23N3O2.C2H4O2/c1-9(15)13-8-6-5-7-10(14(3)4)11(16)12-2;1-2(3)4/h10H,5-8H2,1-4H3,(H,12,16)(H,13,15);1H3,(H,3,4)/i1+1,2+1,13+1;1+1. The molecule has 0 aromatic carbocycles. The average molecular weight is 293 g/mol. The molecule has 7 nitrogen and oxygen atoms in total. The Hall–Kier alpha value is -1.63. The van der Waals surface area contributed by atoms with Gasteiger partial charge in [-0.15, -0.1) is 0 Å². The van der Waals surface area contributed by atoms with E-state index in [0.717, 1.165) is 26.2 Å². The zero-order chi connectivity index (χ0) is 16.1. The van der Waals surface area contributed by atoms with Crippen molar-refractivity contribution < 1.29 is 19.5 Å². The molecule has 0 aromatic heterocycles. The Morgan fingerprint density at radius 2 is 1.65 bits per heavy atom. The van der Waals surface area contributed by atoms with Crippen molar-refractivity contribution in [3.8, 4) is 0 Å². The molecule has 0 saturated carbocycles. The van der Waals surface area contributed by atoms with Gasteiger partial charge >= 0.3 is 0 Å². The second kappa shape index (κ2) is 12.4. The Morgan fingerprint density at radius 3 is 2.00 bits per heavy atom. The number of hydrogen-bond donors (Lipinski definition) is 3. The Balaban J connectivity index is 0. The van der Waals surface area contributed by atoms with E-state index in [4.69, 9.17) is 9.90 Å². The molecule has 20 heavy (non-hydrogen) atoms. The van der Waals surface area contributed by atoms with E-state index in [9.17, 15) is 9.59 Å². The summed E-state index contributed by atoms with van der Waals surface area (Å²) >= 11 is 0. The third-order valence-corrected chi connectivity index (χ3v) is 2.45. The maximum atomic E-state index is 11.5. The van der Waals surface area contributed by atoms with Crippen molar-refractivity contribution in [2.45, 2.75) is 39.2 Å². The van der Waals surface area contributed by atoms with Gasteiger partial charge in [-0.25, -0.2) is 0 Å². The molecule has 0 aromatic rings. The number of nitrogens with zero attached hydrogens (tertiary/aromatic N) is 1. The minimum Gasteiger partial charge on any atom is -0.481 e. The second-order valence-electron chi connectivity index (χ2n) is 4.59. The largest absolute Gasteiger partial charge is 0.481 e. The lowest BCUT2D eigenvalue weighted by Gasteiger charge is -2.22. The summed E-state index contributed by atoms with van der Waals surface area (Å²) in [6.45, 7) is 3.27. The van der Waals surface area contributed by atoms with Gasteiger partial charge in [0.1, 0.15) is 0 Å². The summed E-state index contributed by atoms with van der Waals surface area (Å²) in [6, 6.07) is -0.0812. The summed E-state index contributed by atoms with van der Waals surface area (Å²) in [7, 11) is 5.44. The van der Waals surface area contributed by atoms with E-state index >= 15 is 0 Å². The van der Waals surface area contributed by atoms with Gasteiger partial charge in [0.15, 0.2) is 0 Å². The quantitative estimate of drug-likeness (QED) is 0.350. The first-order chi connectivity index (χ1) is 9.22. The normalized spacial score (nSPS) is 11.1. The molecule has 0 aliphatic heterocycles. The average Bonchev–Trinajstić information content (AvgIpc) is 2.31. The van der Waals surface area contributed by atoms with E-state index in [0.29, 0.717) is 6.54 Å². The number of aliphatic carboxylic acids is 1. The lowest BCUT2D eigenvalue weighted by Crippen LogP contribution is -2.42. The molecule has 118 valence electrons. The van der Waals surface area contributed by atoms with Crippen LogP contribution in [0.3, 0.4) is 0 Å². The van der Waals surface area contributed by atoms with Gasteiger partial charge in [-0.2, -0.15) is 0 Å². The summed E-state index contributed by atoms with van der Waals surface area (Å²) < 4.78 is 0. The van der Waals surface area contributed by atoms with Crippen molar-refractivity contribution in [2.24, 2.45) is 0 Å². The molecule has 0 heterocycles. The van der Waals surface area contributed by atoms with E-state index in [1.807, 2.05) is 19.0 Å². The second-order valence-corrected chi connectivity index (χ2v) is 4.59. The molecule has 0 fully saturated rings. The fraction of sp³-hybridized carbons (Fsp3) is 0.769. The van der Waals surface area contributed by atoms with Gasteiger partial charge in [0.25, 0.3) is 5.97 Å². The van der Waals surface area contributed by atoms with Crippen LogP contribution in [-0.2, 0) is 14.4 Å². The van der Waals surface area contributed by atoms with Crippen LogP contribution in [0.15, 0.2) is 0 Å². The highest BCUT2D eigenvalue weighted by atomic mass is 16.4. The van der Waals surface area contributed by atoms with Crippen LogP contribution in [0.4, 0.5) is 0 Å². The summed E-state index contributed by atoms with van der Waals surface area (Å²) in [5.74, 6) is -0.792. The van der Waals surface area contributed by atoms with Gasteiger partial charge < -0.3 is 15.7 Å². The molecule has 0 aliphatic carbocycles. The topological polar surface area (TPSA) is 98.7 Å². The molecule has 2 amide bonds. The Kier molecular flexibility index (Phi) is 12.8. The number of likely N-dealkylation sites (N-methyl/N-ethyl adjacent to an activating group) is 2. The van der Waals surface area contributed by atoms with E-state index < -0.39 is 5.97 Å². The van der Waals surface area contributed by atoms with Crippen LogP contribution in [-0.4, -0.2) is 61.5 Å². The van der Waals surface area contributed by atoms with Gasteiger partial charge in [0.05, 0.1) is 6.04 Å². The number of hydrogen-bond acceptors (Lipinski definition) is 4. The minimum atomic E-state index is -0.833. The lowest BCUT2D eigenvalue weighted by molar-refractivity contribution is -0.134.